The van der Waals surface area contributed by atoms with Crippen LogP contribution in [0.4, 0.5) is 0 Å². The van der Waals surface area contributed by atoms with Crippen LogP contribution in [-0.2, 0) is 11.2 Å². The molecule has 1 aliphatic rings. The van der Waals surface area contributed by atoms with Crippen LogP contribution < -0.4 is 25.7 Å². The van der Waals surface area contributed by atoms with Gasteiger partial charge in [0.05, 0.1) is 25.8 Å². The summed E-state index contributed by atoms with van der Waals surface area (Å²) in [6.45, 7) is 2.09. The number of thiocarbonyl (C=S) groups is 1. The number of methoxy groups -OCH3 is 2. The van der Waals surface area contributed by atoms with Crippen LogP contribution in [-0.4, -0.2) is 50.1 Å². The molecule has 1 saturated heterocycles. The van der Waals surface area contributed by atoms with Crippen LogP contribution in [0.25, 0.3) is 10.9 Å². The summed E-state index contributed by atoms with van der Waals surface area (Å²) in [5.74, 6) is 1.29. The Morgan fingerprint density at radius 2 is 2.07 bits per heavy atom. The Bertz CT molecular complexity index is 862. The number of hydrogen-bond donors (Lipinski definition) is 3. The Labute approximate surface area is 163 Å². The van der Waals surface area contributed by atoms with Gasteiger partial charge in [0.15, 0.2) is 5.11 Å². The molecule has 27 heavy (non-hydrogen) atoms. The molecule has 0 amide bonds. The third kappa shape index (κ3) is 4.70. The van der Waals surface area contributed by atoms with E-state index in [-0.39, 0.29) is 11.7 Å². The average molecular weight is 391 g/mol. The molecule has 0 radical (unpaired) electrons. The van der Waals surface area contributed by atoms with Gasteiger partial charge in [-0.25, -0.2) is 0 Å². The van der Waals surface area contributed by atoms with E-state index in [1.54, 1.807) is 20.3 Å². The number of aromatic nitrogens is 1. The number of hydrogen-bond acceptors (Lipinski definition) is 5. The molecule has 0 unspecified atom stereocenters. The van der Waals surface area contributed by atoms with Gasteiger partial charge in [-0.15, -0.1) is 0 Å². The zero-order valence-corrected chi connectivity index (χ0v) is 16.4. The lowest BCUT2D eigenvalue weighted by molar-refractivity contribution is 0.114. The first-order valence-corrected chi connectivity index (χ1v) is 9.43. The Morgan fingerprint density at radius 1 is 1.30 bits per heavy atom. The molecule has 3 N–H and O–H groups in total. The van der Waals surface area contributed by atoms with Gasteiger partial charge in [0.25, 0.3) is 5.56 Å². The van der Waals surface area contributed by atoms with E-state index in [1.807, 2.05) is 12.1 Å². The molecule has 3 rings (SSSR count). The lowest BCUT2D eigenvalue weighted by Crippen LogP contribution is -2.40. The summed E-state index contributed by atoms with van der Waals surface area (Å²) in [4.78, 5) is 15.3. The maximum atomic E-state index is 12.4. The third-order valence-electron chi connectivity index (χ3n) is 4.65. The minimum atomic E-state index is -0.144. The van der Waals surface area contributed by atoms with Gasteiger partial charge >= 0.3 is 0 Å². The molecule has 1 aromatic heterocycles. The molecule has 0 aliphatic carbocycles. The van der Waals surface area contributed by atoms with Gasteiger partial charge in [-0.05, 0) is 49.7 Å². The predicted molar refractivity (Wildman–Crippen MR) is 109 cm³/mol. The molecule has 1 aliphatic heterocycles. The Morgan fingerprint density at radius 3 is 2.78 bits per heavy atom. The molecule has 8 heteroatoms. The van der Waals surface area contributed by atoms with Crippen LogP contribution in [0.1, 0.15) is 18.4 Å². The lowest BCUT2D eigenvalue weighted by Gasteiger charge is -2.14. The summed E-state index contributed by atoms with van der Waals surface area (Å²) in [5, 5.41) is 7.68. The van der Waals surface area contributed by atoms with Gasteiger partial charge in [-0.1, -0.05) is 0 Å². The van der Waals surface area contributed by atoms with Crippen molar-refractivity contribution in [1.29, 1.82) is 0 Å². The molecule has 0 spiro atoms. The highest BCUT2D eigenvalue weighted by molar-refractivity contribution is 7.80. The first-order valence-electron chi connectivity index (χ1n) is 9.02. The number of aromatic amines is 1. The van der Waals surface area contributed by atoms with E-state index in [2.05, 4.69) is 15.6 Å². The van der Waals surface area contributed by atoms with Gasteiger partial charge in [0.2, 0.25) is 0 Å². The highest BCUT2D eigenvalue weighted by atomic mass is 32.1. The van der Waals surface area contributed by atoms with E-state index >= 15 is 0 Å². The summed E-state index contributed by atoms with van der Waals surface area (Å²) < 4.78 is 16.3. The zero-order chi connectivity index (χ0) is 19.2. The maximum absolute atomic E-state index is 12.4. The molecule has 7 nitrogen and oxygen atoms in total. The van der Waals surface area contributed by atoms with Crippen molar-refractivity contribution < 1.29 is 14.2 Å². The van der Waals surface area contributed by atoms with Crippen LogP contribution in [0.15, 0.2) is 23.0 Å². The second kappa shape index (κ2) is 9.05. The second-order valence-corrected chi connectivity index (χ2v) is 6.81. The second-order valence-electron chi connectivity index (χ2n) is 6.40. The van der Waals surface area contributed by atoms with Crippen LogP contribution >= 0.6 is 12.2 Å². The van der Waals surface area contributed by atoms with Gasteiger partial charge in [0, 0.05) is 30.6 Å². The number of fused-ring (bicyclic) bond motifs is 1. The van der Waals surface area contributed by atoms with Crippen molar-refractivity contribution in [3.63, 3.8) is 0 Å². The molecule has 2 heterocycles. The smallest absolute Gasteiger partial charge is 0.251 e. The summed E-state index contributed by atoms with van der Waals surface area (Å²) in [5.41, 5.74) is 1.14. The average Bonchev–Trinajstić information content (AvgIpc) is 3.19. The van der Waals surface area contributed by atoms with Crippen molar-refractivity contribution in [1.82, 2.24) is 15.6 Å². The Kier molecular flexibility index (Phi) is 6.52. The van der Waals surface area contributed by atoms with Gasteiger partial charge in [0.1, 0.15) is 11.5 Å². The van der Waals surface area contributed by atoms with Crippen molar-refractivity contribution in [2.45, 2.75) is 25.4 Å². The quantitative estimate of drug-likeness (QED) is 0.620. The molecule has 1 atom stereocenters. The Balaban J connectivity index is 1.63. The van der Waals surface area contributed by atoms with Crippen molar-refractivity contribution in [3.05, 3.63) is 34.1 Å². The number of pyridine rings is 1. The first kappa shape index (κ1) is 19.4. The summed E-state index contributed by atoms with van der Waals surface area (Å²) in [7, 11) is 3.17. The Hall–Kier alpha value is -2.32. The van der Waals surface area contributed by atoms with Gasteiger partial charge in [-0.3, -0.25) is 4.79 Å². The van der Waals surface area contributed by atoms with E-state index < -0.39 is 0 Å². The third-order valence-corrected chi connectivity index (χ3v) is 4.94. The van der Waals surface area contributed by atoms with Crippen molar-refractivity contribution in [2.24, 2.45) is 0 Å². The van der Waals surface area contributed by atoms with Gasteiger partial charge in [-0.2, -0.15) is 0 Å². The molecular weight excluding hydrogens is 366 g/mol. The van der Waals surface area contributed by atoms with Crippen molar-refractivity contribution in [2.75, 3.05) is 33.9 Å². The topological polar surface area (TPSA) is 84.6 Å². The number of ether oxygens (including phenoxy) is 3. The summed E-state index contributed by atoms with van der Waals surface area (Å²) in [6, 6.07) is 5.45. The SMILES string of the molecule is COc1ccc(OC)c2[nH]c(=O)c(CCNC(=S)NC[C@H]3CCCO3)cc12. The number of benzene rings is 1. The van der Waals surface area contributed by atoms with Gasteiger partial charge < -0.3 is 29.8 Å². The molecular formula is C19H25N3O4S. The predicted octanol–water partition coefficient (Wildman–Crippen LogP) is 1.73. The van der Waals surface area contributed by atoms with E-state index in [0.29, 0.717) is 47.2 Å². The number of rotatable bonds is 7. The number of nitrogens with one attached hydrogen (secondary N) is 3. The highest BCUT2D eigenvalue weighted by Crippen LogP contribution is 2.31. The number of H-pyrrole nitrogens is 1. The van der Waals surface area contributed by atoms with E-state index in [4.69, 9.17) is 26.4 Å². The van der Waals surface area contributed by atoms with Crippen LogP contribution in [0.3, 0.4) is 0 Å². The largest absolute Gasteiger partial charge is 0.496 e. The lowest BCUT2D eigenvalue weighted by atomic mass is 10.1. The minimum absolute atomic E-state index is 0.144. The zero-order valence-electron chi connectivity index (χ0n) is 15.6. The maximum Gasteiger partial charge on any atom is 0.251 e. The first-order chi connectivity index (χ1) is 13.1. The fraction of sp³-hybridized carbons (Fsp3) is 0.474. The van der Waals surface area contributed by atoms with Crippen LogP contribution in [0.5, 0.6) is 11.5 Å². The molecule has 1 aromatic carbocycles. The standard InChI is InChI=1S/C19H25N3O4S/c1-24-15-5-6-16(25-2)17-14(15)10-12(18(23)22-17)7-8-20-19(27)21-11-13-4-3-9-26-13/h5-6,10,13H,3-4,7-9,11H2,1-2H3,(H,22,23)(H2,20,21,27)/t13-/m1/s1. The highest BCUT2D eigenvalue weighted by Gasteiger charge is 2.15. The minimum Gasteiger partial charge on any atom is -0.496 e. The molecule has 2 aromatic rings. The fourth-order valence-electron chi connectivity index (χ4n) is 3.21. The fourth-order valence-corrected chi connectivity index (χ4v) is 3.39. The van der Waals surface area contributed by atoms with Crippen molar-refractivity contribution >= 4 is 28.2 Å². The molecule has 146 valence electrons. The summed E-state index contributed by atoms with van der Waals surface area (Å²) >= 11 is 5.29. The van der Waals surface area contributed by atoms with E-state index in [0.717, 1.165) is 24.8 Å². The monoisotopic (exact) mass is 391 g/mol. The molecule has 1 fully saturated rings. The van der Waals surface area contributed by atoms with E-state index in [1.165, 1.54) is 0 Å². The normalized spacial score (nSPS) is 16.3. The van der Waals surface area contributed by atoms with Crippen LogP contribution in [0, 0.1) is 0 Å². The van der Waals surface area contributed by atoms with E-state index in [9.17, 15) is 4.79 Å². The summed E-state index contributed by atoms with van der Waals surface area (Å²) in [6.07, 6.45) is 2.93. The van der Waals surface area contributed by atoms with Crippen molar-refractivity contribution in [3.8, 4) is 11.5 Å². The van der Waals surface area contributed by atoms with Crippen LogP contribution in [0.2, 0.25) is 0 Å². The molecule has 0 bridgehead atoms. The molecule has 0 saturated carbocycles.